The van der Waals surface area contributed by atoms with Crippen LogP contribution < -0.4 is 10.4 Å². The van der Waals surface area contributed by atoms with E-state index < -0.39 is 8.74 Å². The molecule has 3 heteroatoms. The molecule has 0 saturated carbocycles. The summed E-state index contributed by atoms with van der Waals surface area (Å²) in [6.45, 7) is 3.51. The number of rotatable bonds is 2. The Bertz CT molecular complexity index is 501. The number of benzene rings is 2. The van der Waals surface area contributed by atoms with E-state index in [1.54, 1.807) is 44.2 Å². The number of halogens is 2. The van der Waals surface area contributed by atoms with E-state index >= 15 is 0 Å². The summed E-state index contributed by atoms with van der Waals surface area (Å²) in [6.07, 6.45) is 0. The van der Waals surface area contributed by atoms with Crippen molar-refractivity contribution in [3.05, 3.63) is 59.7 Å². The molecule has 0 nitrogen and oxygen atoms in total. The van der Waals surface area contributed by atoms with Crippen molar-refractivity contribution in [1.82, 2.24) is 0 Å². The monoisotopic (exact) mass is 248 g/mol. The Morgan fingerprint density at radius 1 is 0.765 bits per heavy atom. The highest BCUT2D eigenvalue weighted by molar-refractivity contribution is 6.92. The Balaban J connectivity index is 2.60. The van der Waals surface area contributed by atoms with Crippen molar-refractivity contribution in [3.8, 4) is 0 Å². The summed E-state index contributed by atoms with van der Waals surface area (Å²) in [7, 11) is -4.54. The van der Waals surface area contributed by atoms with Crippen molar-refractivity contribution in [2.75, 3.05) is 0 Å². The highest BCUT2D eigenvalue weighted by atomic mass is 28.4. The van der Waals surface area contributed by atoms with E-state index in [0.717, 1.165) is 0 Å². The maximum atomic E-state index is 14.5. The summed E-state index contributed by atoms with van der Waals surface area (Å²) >= 11 is 0. The van der Waals surface area contributed by atoms with Gasteiger partial charge in [-0.05, 0) is 25.0 Å². The van der Waals surface area contributed by atoms with E-state index in [2.05, 4.69) is 0 Å². The zero-order chi connectivity index (χ0) is 12.5. The van der Waals surface area contributed by atoms with Crippen LogP contribution in [0.3, 0.4) is 0 Å². The van der Waals surface area contributed by atoms with Gasteiger partial charge < -0.3 is 0 Å². The van der Waals surface area contributed by atoms with Crippen LogP contribution in [0.2, 0.25) is 0 Å². The first-order valence-corrected chi connectivity index (χ1v) is 7.29. The van der Waals surface area contributed by atoms with Gasteiger partial charge in [0.1, 0.15) is 0 Å². The fourth-order valence-electron chi connectivity index (χ4n) is 2.10. The van der Waals surface area contributed by atoms with Gasteiger partial charge in [-0.2, -0.15) is 0 Å². The third-order valence-electron chi connectivity index (χ3n) is 2.93. The van der Waals surface area contributed by atoms with Crippen molar-refractivity contribution in [2.45, 2.75) is 13.8 Å². The van der Waals surface area contributed by atoms with Gasteiger partial charge in [-0.15, -0.1) is 0 Å². The van der Waals surface area contributed by atoms with Gasteiger partial charge in [0.2, 0.25) is 0 Å². The molecule has 0 aliphatic rings. The highest BCUT2D eigenvalue weighted by Crippen LogP contribution is 2.14. The SMILES string of the molecule is Cc1cccc(C)c1[Si](F)(F)c1ccccc1. The first kappa shape index (κ1) is 12.0. The van der Waals surface area contributed by atoms with Gasteiger partial charge in [0.15, 0.2) is 0 Å². The predicted octanol–water partition coefficient (Wildman–Crippen LogP) is 2.80. The second-order valence-corrected chi connectivity index (χ2v) is 6.43. The molecule has 0 fully saturated rings. The third kappa shape index (κ3) is 2.15. The zero-order valence-corrected chi connectivity index (χ0v) is 10.9. The van der Waals surface area contributed by atoms with Gasteiger partial charge in [-0.25, -0.2) is 0 Å². The van der Waals surface area contributed by atoms with Crippen molar-refractivity contribution >= 4 is 19.1 Å². The fourth-order valence-corrected chi connectivity index (χ4v) is 4.16. The molecule has 0 aliphatic carbocycles. The Morgan fingerprint density at radius 2 is 1.29 bits per heavy atom. The molecule has 0 saturated heterocycles. The summed E-state index contributed by atoms with van der Waals surface area (Å²) in [4.78, 5) is 0. The molecule has 0 bridgehead atoms. The molecule has 2 rings (SSSR count). The van der Waals surface area contributed by atoms with Gasteiger partial charge in [0.25, 0.3) is 0 Å². The van der Waals surface area contributed by atoms with Crippen molar-refractivity contribution in [2.24, 2.45) is 0 Å². The lowest BCUT2D eigenvalue weighted by Crippen LogP contribution is -2.53. The summed E-state index contributed by atoms with van der Waals surface area (Å²) in [5.74, 6) is 0. The quantitative estimate of drug-likeness (QED) is 0.566. The summed E-state index contributed by atoms with van der Waals surface area (Å²) < 4.78 is 29.1. The standard InChI is InChI=1S/C14H14F2Si/c1-11-7-6-8-12(2)14(11)17(15,16)13-9-4-3-5-10-13/h3-10H,1-2H3. The first-order valence-electron chi connectivity index (χ1n) is 5.53. The van der Waals surface area contributed by atoms with Crippen molar-refractivity contribution < 1.29 is 8.22 Å². The fraction of sp³-hybridized carbons (Fsp3) is 0.143. The second kappa shape index (κ2) is 4.41. The molecule has 0 radical (unpaired) electrons. The van der Waals surface area contributed by atoms with Gasteiger partial charge in [-0.3, -0.25) is 8.22 Å². The molecule has 0 spiro atoms. The molecule has 2 aromatic rings. The molecule has 2 aromatic carbocycles. The average molecular weight is 248 g/mol. The maximum Gasteiger partial charge on any atom is 0.488 e. The van der Waals surface area contributed by atoms with Crippen LogP contribution in [-0.2, 0) is 0 Å². The summed E-state index contributed by atoms with van der Waals surface area (Å²) in [5.41, 5.74) is 1.37. The predicted molar refractivity (Wildman–Crippen MR) is 69.6 cm³/mol. The maximum absolute atomic E-state index is 14.5. The number of hydrogen-bond donors (Lipinski definition) is 0. The third-order valence-corrected chi connectivity index (χ3v) is 5.41. The Hall–Kier alpha value is -1.48. The lowest BCUT2D eigenvalue weighted by molar-refractivity contribution is 0.653. The van der Waals surface area contributed by atoms with Crippen LogP contribution in [0.5, 0.6) is 0 Å². The minimum atomic E-state index is -4.54. The largest absolute Gasteiger partial charge is 0.488 e. The van der Waals surface area contributed by atoms with Crippen LogP contribution in [0, 0.1) is 13.8 Å². The molecule has 0 amide bonds. The molecular formula is C14H14F2Si. The zero-order valence-electron chi connectivity index (χ0n) is 9.87. The lowest BCUT2D eigenvalue weighted by atomic mass is 10.2. The van der Waals surface area contributed by atoms with E-state index in [0.29, 0.717) is 11.1 Å². The first-order chi connectivity index (χ1) is 8.03. The summed E-state index contributed by atoms with van der Waals surface area (Å²) in [6, 6.07) is 13.5. The average Bonchev–Trinajstić information content (AvgIpc) is 2.29. The Labute approximate surface area is 101 Å². The van der Waals surface area contributed by atoms with Gasteiger partial charge in [-0.1, -0.05) is 48.5 Å². The van der Waals surface area contributed by atoms with Crippen LogP contribution in [0.1, 0.15) is 11.1 Å². The van der Waals surface area contributed by atoms with Gasteiger partial charge in [0, 0.05) is 10.4 Å². The Morgan fingerprint density at radius 3 is 1.82 bits per heavy atom. The molecule has 88 valence electrons. The van der Waals surface area contributed by atoms with Crippen LogP contribution >= 0.6 is 0 Å². The molecule has 0 aromatic heterocycles. The van der Waals surface area contributed by atoms with E-state index in [-0.39, 0.29) is 10.4 Å². The smallest absolute Gasteiger partial charge is 0.259 e. The van der Waals surface area contributed by atoms with E-state index in [4.69, 9.17) is 0 Å². The van der Waals surface area contributed by atoms with E-state index in [1.165, 1.54) is 12.1 Å². The summed E-state index contributed by atoms with van der Waals surface area (Å²) in [5, 5.41) is 0.434. The Kier molecular flexibility index (Phi) is 3.11. The highest BCUT2D eigenvalue weighted by Gasteiger charge is 2.42. The number of aryl methyl sites for hydroxylation is 2. The number of hydrogen-bond acceptors (Lipinski definition) is 0. The van der Waals surface area contributed by atoms with Gasteiger partial charge in [0.05, 0.1) is 0 Å². The molecule has 0 atom stereocenters. The molecular weight excluding hydrogens is 234 g/mol. The second-order valence-electron chi connectivity index (χ2n) is 4.21. The minimum absolute atomic E-state index is 0.178. The molecule has 0 heterocycles. The topological polar surface area (TPSA) is 0 Å². The van der Waals surface area contributed by atoms with E-state index in [1.807, 2.05) is 6.07 Å². The molecule has 17 heavy (non-hydrogen) atoms. The van der Waals surface area contributed by atoms with Crippen molar-refractivity contribution in [3.63, 3.8) is 0 Å². The van der Waals surface area contributed by atoms with Crippen LogP contribution in [0.25, 0.3) is 0 Å². The lowest BCUT2D eigenvalue weighted by Gasteiger charge is -2.18. The molecule has 0 unspecified atom stereocenters. The normalized spacial score (nSPS) is 11.5. The van der Waals surface area contributed by atoms with Crippen LogP contribution in [-0.4, -0.2) is 8.74 Å². The van der Waals surface area contributed by atoms with Gasteiger partial charge >= 0.3 is 8.74 Å². The molecule has 0 N–H and O–H groups in total. The molecule has 0 aliphatic heterocycles. The van der Waals surface area contributed by atoms with Crippen LogP contribution in [0.15, 0.2) is 48.5 Å². The van der Waals surface area contributed by atoms with Crippen LogP contribution in [0.4, 0.5) is 8.22 Å². The van der Waals surface area contributed by atoms with Crippen molar-refractivity contribution in [1.29, 1.82) is 0 Å². The van der Waals surface area contributed by atoms with E-state index in [9.17, 15) is 8.22 Å². The minimum Gasteiger partial charge on any atom is -0.259 e.